The summed E-state index contributed by atoms with van der Waals surface area (Å²) in [6, 6.07) is 5.84. The lowest BCUT2D eigenvalue weighted by atomic mass is 10.1. The van der Waals surface area contributed by atoms with E-state index in [4.69, 9.17) is 10.8 Å². The second-order valence-corrected chi connectivity index (χ2v) is 8.73. The Kier molecular flexibility index (Phi) is 6.34. The van der Waals surface area contributed by atoms with Crippen LogP contribution in [0.2, 0.25) is 0 Å². The number of sulfonamides is 1. The maximum Gasteiger partial charge on any atom is 0.324 e. The molecular formula is C18H24FN5O4S. The molecule has 0 bridgehead atoms. The van der Waals surface area contributed by atoms with Crippen LogP contribution < -0.4 is 15.8 Å². The summed E-state index contributed by atoms with van der Waals surface area (Å²) in [5, 5.41) is 12.1. The summed E-state index contributed by atoms with van der Waals surface area (Å²) in [5.41, 5.74) is 5.78. The number of amidine groups is 1. The van der Waals surface area contributed by atoms with Crippen molar-refractivity contribution in [3.8, 4) is 0 Å². The number of halogens is 1. The number of anilines is 1. The summed E-state index contributed by atoms with van der Waals surface area (Å²) in [6.45, 7) is 4.23. The lowest BCUT2D eigenvalue weighted by Gasteiger charge is -2.20. The molecule has 0 aliphatic carbocycles. The first-order chi connectivity index (χ1) is 13.3. The van der Waals surface area contributed by atoms with E-state index in [9.17, 15) is 17.6 Å². The summed E-state index contributed by atoms with van der Waals surface area (Å²) in [5.74, 6) is -1.53. The molecule has 1 aromatic carbocycles. The van der Waals surface area contributed by atoms with Crippen molar-refractivity contribution in [3.63, 3.8) is 0 Å². The van der Waals surface area contributed by atoms with Crippen molar-refractivity contribution >= 4 is 27.5 Å². The standard InChI is InChI=1S/C18H24FN5O4S/c1-11-7-12(5-6-14(11)19)21-10-22-16(20)15-8-13(9-24(15)4)29(27,28)23-18(2,3)17(25)26/h5-9,21,23H,10H2,1-4H3,(H2,20,22)(H,25,26). The summed E-state index contributed by atoms with van der Waals surface area (Å²) >= 11 is 0. The number of benzene rings is 1. The summed E-state index contributed by atoms with van der Waals surface area (Å²) < 4.78 is 41.9. The minimum Gasteiger partial charge on any atom is -0.480 e. The van der Waals surface area contributed by atoms with Crippen molar-refractivity contribution in [2.24, 2.45) is 17.8 Å². The van der Waals surface area contributed by atoms with Crippen molar-refractivity contribution in [2.75, 3.05) is 12.0 Å². The third-order valence-electron chi connectivity index (χ3n) is 4.17. The molecule has 1 aromatic heterocycles. The zero-order valence-corrected chi connectivity index (χ0v) is 17.3. The number of carboxylic acids is 1. The average Bonchev–Trinajstić information content (AvgIpc) is 3.00. The SMILES string of the molecule is Cc1cc(NCN=C(N)c2cc(S(=O)(=O)NC(C)(C)C(=O)O)cn2C)ccc1F. The van der Waals surface area contributed by atoms with E-state index >= 15 is 0 Å². The van der Waals surface area contributed by atoms with E-state index < -0.39 is 21.5 Å². The van der Waals surface area contributed by atoms with Gasteiger partial charge in [-0.15, -0.1) is 0 Å². The number of nitrogens with one attached hydrogen (secondary N) is 2. The molecule has 11 heteroatoms. The predicted octanol–water partition coefficient (Wildman–Crippen LogP) is 1.39. The quantitative estimate of drug-likeness (QED) is 0.372. The number of carboxylic acid groups (broad SMARTS) is 1. The number of nitrogens with zero attached hydrogens (tertiary/aromatic N) is 2. The fraction of sp³-hybridized carbons (Fsp3) is 0.333. The highest BCUT2D eigenvalue weighted by atomic mass is 32.2. The van der Waals surface area contributed by atoms with Crippen molar-refractivity contribution in [2.45, 2.75) is 31.2 Å². The third kappa shape index (κ3) is 5.33. The second-order valence-electron chi connectivity index (χ2n) is 7.05. The Balaban J connectivity index is 2.16. The fourth-order valence-corrected chi connectivity index (χ4v) is 3.87. The van der Waals surface area contributed by atoms with Crippen LogP contribution in [0.25, 0.3) is 0 Å². The van der Waals surface area contributed by atoms with Gasteiger partial charge in [-0.1, -0.05) is 0 Å². The highest BCUT2D eigenvalue weighted by Crippen LogP contribution is 2.17. The van der Waals surface area contributed by atoms with E-state index in [2.05, 4.69) is 15.0 Å². The smallest absolute Gasteiger partial charge is 0.324 e. The van der Waals surface area contributed by atoms with Gasteiger partial charge in [-0.25, -0.2) is 17.8 Å². The van der Waals surface area contributed by atoms with Crippen LogP contribution in [0.15, 0.2) is 40.4 Å². The zero-order chi connectivity index (χ0) is 22.0. The summed E-state index contributed by atoms with van der Waals surface area (Å²) in [6.07, 6.45) is 1.31. The fourth-order valence-electron chi connectivity index (χ4n) is 2.43. The molecule has 0 aliphatic heterocycles. The highest BCUT2D eigenvalue weighted by molar-refractivity contribution is 7.89. The van der Waals surface area contributed by atoms with Crippen molar-refractivity contribution in [1.29, 1.82) is 0 Å². The van der Waals surface area contributed by atoms with Crippen molar-refractivity contribution < 1.29 is 22.7 Å². The number of carbonyl (C=O) groups is 1. The van der Waals surface area contributed by atoms with Crippen LogP contribution in [0.3, 0.4) is 0 Å². The molecule has 2 aromatic rings. The molecule has 5 N–H and O–H groups in total. The maximum absolute atomic E-state index is 13.3. The number of aliphatic imine (C=N–C) groups is 1. The molecule has 0 spiro atoms. The molecule has 2 rings (SSSR count). The lowest BCUT2D eigenvalue weighted by molar-refractivity contribution is -0.142. The number of rotatable bonds is 8. The van der Waals surface area contributed by atoms with Gasteiger partial charge in [0, 0.05) is 18.9 Å². The van der Waals surface area contributed by atoms with Crippen LogP contribution >= 0.6 is 0 Å². The molecule has 0 saturated heterocycles. The van der Waals surface area contributed by atoms with E-state index in [1.165, 1.54) is 36.7 Å². The number of hydrogen-bond acceptors (Lipinski definition) is 5. The van der Waals surface area contributed by atoms with Gasteiger partial charge < -0.3 is 20.7 Å². The van der Waals surface area contributed by atoms with Gasteiger partial charge >= 0.3 is 5.97 Å². The Labute approximate surface area is 168 Å². The number of nitrogens with two attached hydrogens (primary N) is 1. The first kappa shape index (κ1) is 22.4. The Bertz CT molecular complexity index is 1060. The molecule has 1 heterocycles. The van der Waals surface area contributed by atoms with Gasteiger partial charge in [-0.2, -0.15) is 4.72 Å². The third-order valence-corrected chi connectivity index (χ3v) is 5.79. The van der Waals surface area contributed by atoms with Crippen LogP contribution in [0.5, 0.6) is 0 Å². The van der Waals surface area contributed by atoms with Gasteiger partial charge in [0.25, 0.3) is 0 Å². The van der Waals surface area contributed by atoms with Crippen molar-refractivity contribution in [3.05, 3.63) is 47.5 Å². The van der Waals surface area contributed by atoms with Gasteiger partial charge in [0.2, 0.25) is 10.0 Å². The van der Waals surface area contributed by atoms with Crippen LogP contribution in [-0.4, -0.2) is 42.1 Å². The maximum atomic E-state index is 13.3. The zero-order valence-electron chi connectivity index (χ0n) is 16.5. The molecule has 158 valence electrons. The highest BCUT2D eigenvalue weighted by Gasteiger charge is 2.33. The number of hydrogen-bond donors (Lipinski definition) is 4. The van der Waals surface area contributed by atoms with E-state index in [1.54, 1.807) is 26.1 Å². The van der Waals surface area contributed by atoms with E-state index in [1.807, 2.05) is 0 Å². The van der Waals surface area contributed by atoms with Gasteiger partial charge in [0.1, 0.15) is 28.8 Å². The monoisotopic (exact) mass is 425 g/mol. The van der Waals surface area contributed by atoms with Gasteiger partial charge in [0.15, 0.2) is 0 Å². The van der Waals surface area contributed by atoms with Crippen LogP contribution in [0.4, 0.5) is 10.1 Å². The first-order valence-electron chi connectivity index (χ1n) is 8.57. The largest absolute Gasteiger partial charge is 0.480 e. The molecule has 9 nitrogen and oxygen atoms in total. The molecular weight excluding hydrogens is 401 g/mol. The molecule has 0 amide bonds. The average molecular weight is 425 g/mol. The van der Waals surface area contributed by atoms with E-state index in [-0.39, 0.29) is 23.2 Å². The Morgan fingerprint density at radius 2 is 2.00 bits per heavy atom. The van der Waals surface area contributed by atoms with Crippen LogP contribution in [0.1, 0.15) is 25.1 Å². The Morgan fingerprint density at radius 3 is 2.59 bits per heavy atom. The first-order valence-corrected chi connectivity index (χ1v) is 10.1. The number of aryl methyl sites for hydroxylation is 2. The molecule has 0 radical (unpaired) electrons. The number of aromatic nitrogens is 1. The predicted molar refractivity (Wildman–Crippen MR) is 108 cm³/mol. The Hall–Kier alpha value is -2.92. The van der Waals surface area contributed by atoms with Gasteiger partial charge in [-0.05, 0) is 50.6 Å². The molecule has 0 fully saturated rings. The Morgan fingerprint density at radius 1 is 1.34 bits per heavy atom. The summed E-state index contributed by atoms with van der Waals surface area (Å²) in [7, 11) is -2.49. The minimum atomic E-state index is -4.08. The summed E-state index contributed by atoms with van der Waals surface area (Å²) in [4.78, 5) is 15.2. The van der Waals surface area contributed by atoms with Gasteiger partial charge in [0.05, 0.1) is 5.69 Å². The molecule has 0 saturated carbocycles. The lowest BCUT2D eigenvalue weighted by Crippen LogP contribution is -2.49. The van der Waals surface area contributed by atoms with Crippen LogP contribution in [-0.2, 0) is 21.9 Å². The normalized spacial score (nSPS) is 12.8. The topological polar surface area (TPSA) is 139 Å². The molecule has 0 unspecified atom stereocenters. The molecule has 29 heavy (non-hydrogen) atoms. The van der Waals surface area contributed by atoms with Crippen molar-refractivity contribution in [1.82, 2.24) is 9.29 Å². The molecule has 0 atom stereocenters. The number of aliphatic carboxylic acids is 1. The molecule has 0 aliphatic rings. The van der Waals surface area contributed by atoms with Crippen LogP contribution in [0, 0.1) is 12.7 Å². The van der Waals surface area contributed by atoms with Gasteiger partial charge in [-0.3, -0.25) is 4.79 Å². The minimum absolute atomic E-state index is 0.0813. The van der Waals surface area contributed by atoms with E-state index in [0.717, 1.165) is 0 Å². The van der Waals surface area contributed by atoms with E-state index in [0.29, 0.717) is 16.9 Å². The second kappa shape index (κ2) is 8.21.